The van der Waals surface area contributed by atoms with Crippen molar-refractivity contribution < 1.29 is 0 Å². The van der Waals surface area contributed by atoms with Gasteiger partial charge in [0, 0.05) is 0 Å². The summed E-state index contributed by atoms with van der Waals surface area (Å²) in [7, 11) is 0. The number of rotatable bonds is 0. The van der Waals surface area contributed by atoms with E-state index in [0.29, 0.717) is 5.41 Å². The summed E-state index contributed by atoms with van der Waals surface area (Å²) in [6.07, 6.45) is 5.47. The molecular formula is C15H22. The smallest absolute Gasteiger partial charge is 0.00718 e. The van der Waals surface area contributed by atoms with E-state index >= 15 is 0 Å². The van der Waals surface area contributed by atoms with Gasteiger partial charge in [0.25, 0.3) is 0 Å². The summed E-state index contributed by atoms with van der Waals surface area (Å²) in [6.45, 7) is 9.68. The third kappa shape index (κ3) is 1.14. The molecule has 1 saturated carbocycles. The lowest BCUT2D eigenvalue weighted by molar-refractivity contribution is 0.523. The van der Waals surface area contributed by atoms with E-state index in [-0.39, 0.29) is 0 Å². The van der Waals surface area contributed by atoms with Gasteiger partial charge in [-0.1, -0.05) is 25.0 Å². The van der Waals surface area contributed by atoms with E-state index < -0.39 is 0 Å². The molecule has 15 heavy (non-hydrogen) atoms. The fourth-order valence-electron chi connectivity index (χ4n) is 4.11. The Morgan fingerprint density at radius 2 is 1.73 bits per heavy atom. The summed E-state index contributed by atoms with van der Waals surface area (Å²) in [5.74, 6) is 1.89. The Morgan fingerprint density at radius 1 is 1.00 bits per heavy atom. The molecule has 82 valence electrons. The highest BCUT2D eigenvalue weighted by molar-refractivity contribution is 5.50. The second-order valence-corrected chi connectivity index (χ2v) is 6.40. The van der Waals surface area contributed by atoms with Crippen LogP contribution in [-0.4, -0.2) is 0 Å². The van der Waals surface area contributed by atoms with Crippen LogP contribution in [0.4, 0.5) is 0 Å². The lowest BCUT2D eigenvalue weighted by Gasteiger charge is -2.12. The predicted molar refractivity (Wildman–Crippen MR) is 64.6 cm³/mol. The Hall–Kier alpha value is -0.520. The van der Waals surface area contributed by atoms with E-state index in [1.54, 1.807) is 22.3 Å². The van der Waals surface area contributed by atoms with Crippen molar-refractivity contribution in [2.75, 3.05) is 0 Å². The molecule has 0 radical (unpaired) electrons. The van der Waals surface area contributed by atoms with Crippen LogP contribution in [0.2, 0.25) is 0 Å². The van der Waals surface area contributed by atoms with E-state index in [1.165, 1.54) is 25.7 Å². The zero-order valence-corrected chi connectivity index (χ0v) is 10.5. The summed E-state index contributed by atoms with van der Waals surface area (Å²) >= 11 is 0. The monoisotopic (exact) mass is 202 g/mol. The molecule has 0 aromatic rings. The molecule has 3 rings (SSSR count). The molecular weight excluding hydrogens is 180 g/mol. The first-order chi connectivity index (χ1) is 7.03. The average molecular weight is 202 g/mol. The molecule has 0 bridgehead atoms. The molecule has 2 atom stereocenters. The van der Waals surface area contributed by atoms with Crippen LogP contribution in [-0.2, 0) is 0 Å². The molecule has 3 aliphatic rings. The van der Waals surface area contributed by atoms with E-state index in [9.17, 15) is 0 Å². The lowest BCUT2D eigenvalue weighted by atomic mass is 9.93. The molecule has 0 nitrogen and oxygen atoms in total. The van der Waals surface area contributed by atoms with E-state index in [0.717, 1.165) is 11.8 Å². The van der Waals surface area contributed by atoms with Gasteiger partial charge in [-0.15, -0.1) is 0 Å². The van der Waals surface area contributed by atoms with Crippen molar-refractivity contribution in [3.05, 3.63) is 22.3 Å². The van der Waals surface area contributed by atoms with E-state index in [2.05, 4.69) is 27.7 Å². The number of hydrogen-bond donors (Lipinski definition) is 0. The highest BCUT2D eigenvalue weighted by Crippen LogP contribution is 2.68. The van der Waals surface area contributed by atoms with Crippen molar-refractivity contribution in [1.29, 1.82) is 0 Å². The zero-order chi connectivity index (χ0) is 10.8. The van der Waals surface area contributed by atoms with E-state index in [1.807, 2.05) is 0 Å². The van der Waals surface area contributed by atoms with Gasteiger partial charge < -0.3 is 0 Å². The Morgan fingerprint density at radius 3 is 2.47 bits per heavy atom. The SMILES string of the molecule is CC1=C2CCC(C)=C2[C@@H]2[C@H](CC1)C2(C)C. The van der Waals surface area contributed by atoms with Crippen molar-refractivity contribution in [3.63, 3.8) is 0 Å². The third-order valence-corrected chi connectivity index (χ3v) is 5.24. The molecule has 0 heteroatoms. The van der Waals surface area contributed by atoms with Crippen LogP contribution in [0.3, 0.4) is 0 Å². The van der Waals surface area contributed by atoms with Crippen molar-refractivity contribution in [1.82, 2.24) is 0 Å². The highest BCUT2D eigenvalue weighted by atomic mass is 14.6. The van der Waals surface area contributed by atoms with Crippen LogP contribution in [0.1, 0.15) is 53.4 Å². The molecule has 0 saturated heterocycles. The molecule has 0 heterocycles. The van der Waals surface area contributed by atoms with Crippen molar-refractivity contribution in [3.8, 4) is 0 Å². The summed E-state index contributed by atoms with van der Waals surface area (Å²) < 4.78 is 0. The highest BCUT2D eigenvalue weighted by Gasteiger charge is 2.60. The first kappa shape index (κ1) is 9.69. The normalized spacial score (nSPS) is 37.6. The van der Waals surface area contributed by atoms with Gasteiger partial charge in [-0.2, -0.15) is 0 Å². The van der Waals surface area contributed by atoms with E-state index in [4.69, 9.17) is 0 Å². The maximum atomic E-state index is 2.47. The van der Waals surface area contributed by atoms with Crippen molar-refractivity contribution in [2.24, 2.45) is 17.3 Å². The van der Waals surface area contributed by atoms with Gasteiger partial charge in [0.05, 0.1) is 0 Å². The Labute approximate surface area is 93.5 Å². The minimum absolute atomic E-state index is 0.604. The molecule has 0 N–H and O–H groups in total. The van der Waals surface area contributed by atoms with Crippen LogP contribution in [0.25, 0.3) is 0 Å². The molecule has 0 amide bonds. The Kier molecular flexibility index (Phi) is 1.80. The summed E-state index contributed by atoms with van der Waals surface area (Å²) in [5.41, 5.74) is 7.55. The minimum Gasteiger partial charge on any atom is -0.0698 e. The molecule has 0 aromatic carbocycles. The Bertz CT molecular complexity index is 379. The van der Waals surface area contributed by atoms with Crippen molar-refractivity contribution in [2.45, 2.75) is 53.4 Å². The second-order valence-electron chi connectivity index (χ2n) is 6.40. The van der Waals surface area contributed by atoms with Gasteiger partial charge in [0.15, 0.2) is 0 Å². The van der Waals surface area contributed by atoms with Crippen LogP contribution < -0.4 is 0 Å². The number of allylic oxidation sites excluding steroid dienone is 4. The van der Waals surface area contributed by atoms with Gasteiger partial charge in [-0.25, -0.2) is 0 Å². The Balaban J connectivity index is 2.10. The summed E-state index contributed by atoms with van der Waals surface area (Å²) in [4.78, 5) is 0. The molecule has 0 aliphatic heterocycles. The summed E-state index contributed by atoms with van der Waals surface area (Å²) in [5, 5.41) is 0. The molecule has 0 unspecified atom stereocenters. The quantitative estimate of drug-likeness (QED) is 0.543. The van der Waals surface area contributed by atoms with Gasteiger partial charge in [-0.3, -0.25) is 0 Å². The maximum Gasteiger partial charge on any atom is -0.00718 e. The van der Waals surface area contributed by atoms with Crippen LogP contribution >= 0.6 is 0 Å². The van der Waals surface area contributed by atoms with Crippen molar-refractivity contribution >= 4 is 0 Å². The topological polar surface area (TPSA) is 0 Å². The van der Waals surface area contributed by atoms with Gasteiger partial charge in [0.1, 0.15) is 0 Å². The number of fused-ring (bicyclic) bond motifs is 3. The third-order valence-electron chi connectivity index (χ3n) is 5.24. The molecule has 0 aromatic heterocycles. The average Bonchev–Trinajstić information content (AvgIpc) is 2.55. The van der Waals surface area contributed by atoms with Crippen LogP contribution in [0.5, 0.6) is 0 Å². The fraction of sp³-hybridized carbons (Fsp3) is 0.733. The van der Waals surface area contributed by atoms with Crippen LogP contribution in [0, 0.1) is 17.3 Å². The first-order valence-electron chi connectivity index (χ1n) is 6.42. The van der Waals surface area contributed by atoms with Gasteiger partial charge >= 0.3 is 0 Å². The van der Waals surface area contributed by atoms with Crippen LogP contribution in [0.15, 0.2) is 22.3 Å². The minimum atomic E-state index is 0.604. The summed E-state index contributed by atoms with van der Waals surface area (Å²) in [6, 6.07) is 0. The molecule has 3 aliphatic carbocycles. The van der Waals surface area contributed by atoms with Gasteiger partial charge in [-0.05, 0) is 67.9 Å². The zero-order valence-electron chi connectivity index (χ0n) is 10.5. The lowest BCUT2D eigenvalue weighted by Crippen LogP contribution is -1.98. The largest absolute Gasteiger partial charge is 0.0698 e. The standard InChI is InChI=1S/C15H22/c1-9-6-8-12-14(15(12,3)4)13-10(2)5-7-11(9)13/h12,14H,5-8H2,1-4H3/t12-,14-/m0/s1. The molecule has 0 spiro atoms. The van der Waals surface area contributed by atoms with Gasteiger partial charge in [0.2, 0.25) is 0 Å². The first-order valence-corrected chi connectivity index (χ1v) is 6.42. The fourth-order valence-corrected chi connectivity index (χ4v) is 4.11. The molecule has 1 fully saturated rings. The predicted octanol–water partition coefficient (Wildman–Crippen LogP) is 4.48. The second kappa shape index (κ2) is 2.78. The maximum absolute atomic E-state index is 2.47. The number of hydrogen-bond acceptors (Lipinski definition) is 0.